The van der Waals surface area contributed by atoms with Crippen LogP contribution in [-0.2, 0) is 6.54 Å². The fourth-order valence-electron chi connectivity index (χ4n) is 1.88. The van der Waals surface area contributed by atoms with Gasteiger partial charge in [0.2, 0.25) is 0 Å². The first-order valence-corrected chi connectivity index (χ1v) is 8.20. The highest BCUT2D eigenvalue weighted by molar-refractivity contribution is 8.05. The molecule has 5 heteroatoms. The van der Waals surface area contributed by atoms with Gasteiger partial charge in [-0.2, -0.15) is 0 Å². The average molecular weight is 322 g/mol. The van der Waals surface area contributed by atoms with E-state index in [0.29, 0.717) is 13.2 Å². The van der Waals surface area contributed by atoms with Crippen LogP contribution in [0.3, 0.4) is 0 Å². The first-order chi connectivity index (χ1) is 10.5. The van der Waals surface area contributed by atoms with Crippen molar-refractivity contribution in [1.82, 2.24) is 0 Å². The van der Waals surface area contributed by atoms with Gasteiger partial charge in [-0.05, 0) is 43.9 Å². The van der Waals surface area contributed by atoms with Gasteiger partial charge in [0.05, 0.1) is 12.7 Å². The summed E-state index contributed by atoms with van der Waals surface area (Å²) in [6.45, 7) is 10.6. The summed E-state index contributed by atoms with van der Waals surface area (Å²) in [5.41, 5.74) is 13.4. The average Bonchev–Trinajstić information content (AvgIpc) is 2.45. The molecular weight excluding hydrogens is 296 g/mol. The molecular formula is C17H26N2O2S. The van der Waals surface area contributed by atoms with Gasteiger partial charge in [0.25, 0.3) is 0 Å². The Kier molecular flexibility index (Phi) is 7.91. The number of nitrogens with two attached hydrogens (primary N) is 2. The Morgan fingerprint density at radius 1 is 1.32 bits per heavy atom. The molecule has 4 nitrogen and oxygen atoms in total. The molecule has 0 radical (unpaired) electrons. The fraction of sp³-hybridized carbons (Fsp3) is 0.412. The highest BCUT2D eigenvalue weighted by Gasteiger charge is 2.06. The second-order valence-corrected chi connectivity index (χ2v) is 6.23. The minimum absolute atomic E-state index is 0.110. The van der Waals surface area contributed by atoms with Crippen LogP contribution in [0.5, 0.6) is 11.5 Å². The third kappa shape index (κ3) is 6.45. The summed E-state index contributed by atoms with van der Waals surface area (Å²) < 4.78 is 11.5. The zero-order valence-corrected chi connectivity index (χ0v) is 14.4. The molecule has 0 heterocycles. The van der Waals surface area contributed by atoms with E-state index in [-0.39, 0.29) is 6.10 Å². The van der Waals surface area contributed by atoms with Gasteiger partial charge < -0.3 is 20.9 Å². The largest absolute Gasteiger partial charge is 0.493 e. The van der Waals surface area contributed by atoms with E-state index in [1.54, 1.807) is 5.41 Å². The maximum Gasteiger partial charge on any atom is 0.123 e. The number of ether oxygens (including phenoxy) is 2. The number of allylic oxidation sites excluding steroid dienone is 1. The first-order valence-electron chi connectivity index (χ1n) is 7.32. The molecule has 0 aliphatic heterocycles. The van der Waals surface area contributed by atoms with Crippen LogP contribution in [0.1, 0.15) is 32.8 Å². The van der Waals surface area contributed by atoms with Crippen LogP contribution in [0.25, 0.3) is 0 Å². The van der Waals surface area contributed by atoms with Crippen molar-refractivity contribution < 1.29 is 9.47 Å². The summed E-state index contributed by atoms with van der Waals surface area (Å²) >= 11 is 1.53. The quantitative estimate of drug-likeness (QED) is 0.724. The summed E-state index contributed by atoms with van der Waals surface area (Å²) in [5.74, 6) is 1.54. The zero-order valence-electron chi connectivity index (χ0n) is 13.6. The number of thioether (sulfide) groups is 1. The highest BCUT2D eigenvalue weighted by Crippen LogP contribution is 2.26. The Morgan fingerprint density at radius 3 is 2.55 bits per heavy atom. The number of hydrogen-bond donors (Lipinski definition) is 2. The van der Waals surface area contributed by atoms with E-state index < -0.39 is 0 Å². The molecule has 0 atom stereocenters. The van der Waals surface area contributed by atoms with Gasteiger partial charge in [0.1, 0.15) is 11.5 Å². The topological polar surface area (TPSA) is 70.5 Å². The van der Waals surface area contributed by atoms with Crippen molar-refractivity contribution in [3.8, 4) is 11.5 Å². The Hall–Kier alpha value is -1.59. The molecule has 22 heavy (non-hydrogen) atoms. The van der Waals surface area contributed by atoms with Crippen molar-refractivity contribution in [3.05, 3.63) is 46.4 Å². The van der Waals surface area contributed by atoms with Crippen molar-refractivity contribution in [2.24, 2.45) is 11.5 Å². The van der Waals surface area contributed by atoms with Crippen molar-refractivity contribution >= 4 is 11.8 Å². The van der Waals surface area contributed by atoms with E-state index in [0.717, 1.165) is 34.1 Å². The van der Waals surface area contributed by atoms with Gasteiger partial charge in [0, 0.05) is 29.6 Å². The lowest BCUT2D eigenvalue weighted by Crippen LogP contribution is -2.08. The molecule has 0 bridgehead atoms. The van der Waals surface area contributed by atoms with E-state index >= 15 is 0 Å². The summed E-state index contributed by atoms with van der Waals surface area (Å²) in [6.07, 6.45) is 0.853. The smallest absolute Gasteiger partial charge is 0.123 e. The van der Waals surface area contributed by atoms with E-state index in [4.69, 9.17) is 20.9 Å². The molecule has 1 rings (SSSR count). The maximum atomic E-state index is 5.85. The predicted molar refractivity (Wildman–Crippen MR) is 94.9 cm³/mol. The lowest BCUT2D eigenvalue weighted by atomic mass is 10.2. The first kappa shape index (κ1) is 18.5. The van der Waals surface area contributed by atoms with Gasteiger partial charge in [-0.1, -0.05) is 6.58 Å². The molecule has 0 saturated carbocycles. The molecule has 4 N–H and O–H groups in total. The standard InChI is InChI=1S/C17H26N2O2S/c1-5-22-17(13(4)19)6-7-20-15-8-14(11-18)9-16(10-15)21-12(2)3/h5,8-10,12H,1,6-7,11,18-19H2,2-4H3/b17-13-. The Morgan fingerprint density at radius 2 is 2.00 bits per heavy atom. The SMILES string of the molecule is C=CS/C(CCOc1cc(CN)cc(OC(C)C)c1)=C(/C)N. The van der Waals surface area contributed by atoms with Gasteiger partial charge in [-0.25, -0.2) is 0 Å². The number of rotatable bonds is 9. The fourth-order valence-corrected chi connectivity index (χ4v) is 2.47. The minimum atomic E-state index is 0.110. The monoisotopic (exact) mass is 322 g/mol. The van der Waals surface area contributed by atoms with E-state index in [2.05, 4.69) is 6.58 Å². The van der Waals surface area contributed by atoms with Crippen LogP contribution < -0.4 is 20.9 Å². The number of hydrogen-bond acceptors (Lipinski definition) is 5. The van der Waals surface area contributed by atoms with Crippen molar-refractivity contribution in [2.75, 3.05) is 6.61 Å². The van der Waals surface area contributed by atoms with E-state index in [9.17, 15) is 0 Å². The molecule has 0 aliphatic rings. The van der Waals surface area contributed by atoms with Crippen LogP contribution >= 0.6 is 11.8 Å². The summed E-state index contributed by atoms with van der Waals surface area (Å²) in [7, 11) is 0. The van der Waals surface area contributed by atoms with Crippen molar-refractivity contribution in [1.29, 1.82) is 0 Å². The van der Waals surface area contributed by atoms with Crippen LogP contribution in [0.15, 0.2) is 40.8 Å². The third-order valence-corrected chi connectivity index (χ3v) is 3.79. The summed E-state index contributed by atoms with van der Waals surface area (Å²) in [5, 5.41) is 1.77. The second kappa shape index (κ2) is 9.43. The van der Waals surface area contributed by atoms with Gasteiger partial charge >= 0.3 is 0 Å². The Labute approximate surface area is 137 Å². The summed E-state index contributed by atoms with van der Waals surface area (Å²) in [4.78, 5) is 1.07. The minimum Gasteiger partial charge on any atom is -0.493 e. The lowest BCUT2D eigenvalue weighted by molar-refractivity contribution is 0.240. The Bertz CT molecular complexity index is 523. The molecule has 1 aromatic carbocycles. The third-order valence-electron chi connectivity index (χ3n) is 2.81. The molecule has 122 valence electrons. The van der Waals surface area contributed by atoms with Crippen LogP contribution in [-0.4, -0.2) is 12.7 Å². The zero-order chi connectivity index (χ0) is 16.5. The van der Waals surface area contributed by atoms with Crippen LogP contribution in [0.4, 0.5) is 0 Å². The van der Waals surface area contributed by atoms with Crippen molar-refractivity contribution in [3.63, 3.8) is 0 Å². The summed E-state index contributed by atoms with van der Waals surface area (Å²) in [6, 6.07) is 5.76. The molecule has 0 fully saturated rings. The van der Waals surface area contributed by atoms with Gasteiger partial charge in [0.15, 0.2) is 0 Å². The lowest BCUT2D eigenvalue weighted by Gasteiger charge is -2.14. The van der Waals surface area contributed by atoms with Crippen LogP contribution in [0.2, 0.25) is 0 Å². The molecule has 0 amide bonds. The maximum absolute atomic E-state index is 5.85. The van der Waals surface area contributed by atoms with E-state index in [1.807, 2.05) is 39.0 Å². The van der Waals surface area contributed by atoms with Crippen LogP contribution in [0, 0.1) is 0 Å². The highest BCUT2D eigenvalue weighted by atomic mass is 32.2. The van der Waals surface area contributed by atoms with E-state index in [1.165, 1.54) is 11.8 Å². The molecule has 0 unspecified atom stereocenters. The predicted octanol–water partition coefficient (Wildman–Crippen LogP) is 3.77. The van der Waals surface area contributed by atoms with Gasteiger partial charge in [-0.15, -0.1) is 11.8 Å². The Balaban J connectivity index is 2.72. The molecule has 0 spiro atoms. The molecule has 1 aromatic rings. The molecule has 0 aromatic heterocycles. The second-order valence-electron chi connectivity index (χ2n) is 5.17. The van der Waals surface area contributed by atoms with Gasteiger partial charge in [-0.3, -0.25) is 0 Å². The normalized spacial score (nSPS) is 12.0. The van der Waals surface area contributed by atoms with Crippen molar-refractivity contribution in [2.45, 2.75) is 39.8 Å². The number of benzene rings is 1. The molecule has 0 aliphatic carbocycles. The molecule has 0 saturated heterocycles.